The van der Waals surface area contributed by atoms with E-state index in [0.29, 0.717) is 12.1 Å². The van der Waals surface area contributed by atoms with E-state index in [1.807, 2.05) is 6.07 Å². The minimum absolute atomic E-state index is 0.0722. The Labute approximate surface area is 186 Å². The van der Waals surface area contributed by atoms with Crippen LogP contribution in [-0.2, 0) is 13.0 Å². The largest absolute Gasteiger partial charge is 0.352 e. The molecule has 1 N–H and O–H groups in total. The van der Waals surface area contributed by atoms with Gasteiger partial charge in [-0.3, -0.25) is 9.78 Å². The van der Waals surface area contributed by atoms with Crippen LogP contribution in [0.4, 0.5) is 0 Å². The molecule has 5 heteroatoms. The Hall–Kier alpha value is -3.99. The monoisotopic (exact) mass is 420 g/mol. The van der Waals surface area contributed by atoms with Gasteiger partial charge in [0.15, 0.2) is 0 Å². The topological polar surface area (TPSA) is 59.8 Å². The molecule has 0 spiro atoms. The summed E-state index contributed by atoms with van der Waals surface area (Å²) in [6.45, 7) is 1.37. The first kappa shape index (κ1) is 19.9. The van der Waals surface area contributed by atoms with E-state index in [1.54, 1.807) is 24.5 Å². The van der Waals surface area contributed by atoms with Crippen LogP contribution in [0.2, 0.25) is 0 Å². The molecule has 2 aromatic heterocycles. The molecule has 5 nitrogen and oxygen atoms in total. The van der Waals surface area contributed by atoms with Gasteiger partial charge < -0.3 is 9.88 Å². The second-order valence-corrected chi connectivity index (χ2v) is 7.88. The highest BCUT2D eigenvalue weighted by atomic mass is 16.1. The van der Waals surface area contributed by atoms with Gasteiger partial charge in [-0.15, -0.1) is 0 Å². The zero-order chi connectivity index (χ0) is 21.8. The highest BCUT2D eigenvalue weighted by Gasteiger charge is 2.12. The summed E-state index contributed by atoms with van der Waals surface area (Å²) in [5.74, 6) is 0.967. The van der Waals surface area contributed by atoms with Crippen molar-refractivity contribution in [1.82, 2.24) is 19.9 Å². The lowest BCUT2D eigenvalue weighted by Gasteiger charge is -2.11. The number of hydrogen-bond acceptors (Lipinski definition) is 3. The maximum Gasteiger partial charge on any atom is 0.251 e. The van der Waals surface area contributed by atoms with Crippen molar-refractivity contribution in [2.45, 2.75) is 19.4 Å². The van der Waals surface area contributed by atoms with Gasteiger partial charge in [0.2, 0.25) is 0 Å². The third-order valence-corrected chi connectivity index (χ3v) is 5.69. The van der Waals surface area contributed by atoms with Gasteiger partial charge in [-0.1, -0.05) is 48.5 Å². The summed E-state index contributed by atoms with van der Waals surface area (Å²) >= 11 is 0. The summed E-state index contributed by atoms with van der Waals surface area (Å²) in [6.07, 6.45) is 4.87. The van der Waals surface area contributed by atoms with Crippen molar-refractivity contribution >= 4 is 27.7 Å². The molecule has 2 heterocycles. The molecule has 0 saturated heterocycles. The minimum Gasteiger partial charge on any atom is -0.352 e. The standard InChI is InChI=1S/C27H24N4O/c32-27(22-13-16-28-17-14-22)29-15-5-10-26-30-24-8-3-4-9-25(24)31(26)19-20-11-12-21-6-1-2-7-23(21)18-20/h1-4,6-9,11-14,16-18H,5,10,15,19H2,(H,29,32). The van der Waals surface area contributed by atoms with Gasteiger partial charge in [-0.2, -0.15) is 0 Å². The van der Waals surface area contributed by atoms with E-state index in [-0.39, 0.29) is 5.91 Å². The Morgan fingerprint density at radius 2 is 1.66 bits per heavy atom. The van der Waals surface area contributed by atoms with Gasteiger partial charge in [0.1, 0.15) is 5.82 Å². The Kier molecular flexibility index (Phi) is 5.62. The number of carbonyl (C=O) groups is 1. The summed E-state index contributed by atoms with van der Waals surface area (Å²) in [6, 6.07) is 26.7. The number of amides is 1. The molecule has 0 fully saturated rings. The fourth-order valence-electron chi connectivity index (χ4n) is 4.07. The van der Waals surface area contributed by atoms with E-state index in [1.165, 1.54) is 16.3 Å². The lowest BCUT2D eigenvalue weighted by Crippen LogP contribution is -2.25. The van der Waals surface area contributed by atoms with Crippen molar-refractivity contribution < 1.29 is 4.79 Å². The van der Waals surface area contributed by atoms with E-state index in [0.717, 1.165) is 36.2 Å². The van der Waals surface area contributed by atoms with Crippen LogP contribution in [-0.4, -0.2) is 27.0 Å². The number of rotatable bonds is 7. The molecule has 0 bridgehead atoms. The average molecular weight is 421 g/mol. The molecule has 32 heavy (non-hydrogen) atoms. The van der Waals surface area contributed by atoms with E-state index in [4.69, 9.17) is 4.98 Å². The summed E-state index contributed by atoms with van der Waals surface area (Å²) in [4.78, 5) is 21.1. The maximum atomic E-state index is 12.3. The van der Waals surface area contributed by atoms with Gasteiger partial charge in [0.25, 0.3) is 5.91 Å². The first-order chi connectivity index (χ1) is 15.8. The Morgan fingerprint density at radius 1 is 0.875 bits per heavy atom. The van der Waals surface area contributed by atoms with Crippen LogP contribution in [0.1, 0.15) is 28.2 Å². The van der Waals surface area contributed by atoms with Gasteiger partial charge >= 0.3 is 0 Å². The van der Waals surface area contributed by atoms with Gasteiger partial charge in [-0.25, -0.2) is 4.98 Å². The number of aromatic nitrogens is 3. The molecule has 0 aliphatic carbocycles. The van der Waals surface area contributed by atoms with Crippen LogP contribution in [0.25, 0.3) is 21.8 Å². The smallest absolute Gasteiger partial charge is 0.251 e. The quantitative estimate of drug-likeness (QED) is 0.377. The summed E-state index contributed by atoms with van der Waals surface area (Å²) in [5.41, 5.74) is 4.02. The predicted molar refractivity (Wildman–Crippen MR) is 128 cm³/mol. The second-order valence-electron chi connectivity index (χ2n) is 7.88. The molecule has 0 radical (unpaired) electrons. The molecular formula is C27H24N4O. The molecule has 1 amide bonds. The van der Waals surface area contributed by atoms with Crippen LogP contribution in [0.15, 0.2) is 91.3 Å². The zero-order valence-electron chi connectivity index (χ0n) is 17.7. The third kappa shape index (κ3) is 4.23. The van der Waals surface area contributed by atoms with Crippen molar-refractivity contribution in [1.29, 1.82) is 0 Å². The number of carbonyl (C=O) groups excluding carboxylic acids is 1. The molecule has 0 atom stereocenters. The molecule has 158 valence electrons. The summed E-state index contributed by atoms with van der Waals surface area (Å²) < 4.78 is 2.30. The molecule has 0 saturated carbocycles. The summed E-state index contributed by atoms with van der Waals surface area (Å²) in [5, 5.41) is 5.48. The van der Waals surface area contributed by atoms with Crippen molar-refractivity contribution in [3.63, 3.8) is 0 Å². The predicted octanol–water partition coefficient (Wildman–Crippen LogP) is 5.00. The fraction of sp³-hybridized carbons (Fsp3) is 0.148. The maximum absolute atomic E-state index is 12.3. The molecular weight excluding hydrogens is 396 g/mol. The van der Waals surface area contributed by atoms with E-state index in [2.05, 4.69) is 75.5 Å². The highest BCUT2D eigenvalue weighted by molar-refractivity contribution is 5.93. The number of benzene rings is 3. The number of imidazole rings is 1. The molecule has 5 rings (SSSR count). The van der Waals surface area contributed by atoms with Gasteiger partial charge in [0.05, 0.1) is 11.0 Å². The molecule has 0 aliphatic heterocycles. The van der Waals surface area contributed by atoms with Crippen LogP contribution >= 0.6 is 0 Å². The minimum atomic E-state index is -0.0722. The number of nitrogens with zero attached hydrogens (tertiary/aromatic N) is 3. The number of fused-ring (bicyclic) bond motifs is 2. The molecule has 0 unspecified atom stereocenters. The first-order valence-corrected chi connectivity index (χ1v) is 10.9. The number of nitrogens with one attached hydrogen (secondary N) is 1. The van der Waals surface area contributed by atoms with Crippen LogP contribution < -0.4 is 5.32 Å². The average Bonchev–Trinajstić information content (AvgIpc) is 3.19. The fourth-order valence-corrected chi connectivity index (χ4v) is 4.07. The molecule has 3 aromatic carbocycles. The Balaban J connectivity index is 1.33. The van der Waals surface area contributed by atoms with Crippen LogP contribution in [0.3, 0.4) is 0 Å². The van der Waals surface area contributed by atoms with Gasteiger partial charge in [0, 0.05) is 37.5 Å². The van der Waals surface area contributed by atoms with E-state index in [9.17, 15) is 4.79 Å². The molecule has 5 aromatic rings. The van der Waals surface area contributed by atoms with E-state index >= 15 is 0 Å². The van der Waals surface area contributed by atoms with Crippen molar-refractivity contribution in [3.8, 4) is 0 Å². The number of aryl methyl sites for hydroxylation is 1. The third-order valence-electron chi connectivity index (χ3n) is 5.69. The molecule has 0 aliphatic rings. The normalized spacial score (nSPS) is 11.1. The van der Waals surface area contributed by atoms with Gasteiger partial charge in [-0.05, 0) is 53.1 Å². The van der Waals surface area contributed by atoms with Crippen LogP contribution in [0, 0.1) is 0 Å². The van der Waals surface area contributed by atoms with Crippen molar-refractivity contribution in [3.05, 3.63) is 108 Å². The van der Waals surface area contributed by atoms with Crippen molar-refractivity contribution in [2.24, 2.45) is 0 Å². The summed E-state index contributed by atoms with van der Waals surface area (Å²) in [7, 11) is 0. The van der Waals surface area contributed by atoms with E-state index < -0.39 is 0 Å². The zero-order valence-corrected chi connectivity index (χ0v) is 17.7. The lowest BCUT2D eigenvalue weighted by atomic mass is 10.1. The number of para-hydroxylation sites is 2. The second kappa shape index (κ2) is 9.02. The number of pyridine rings is 1. The number of hydrogen-bond donors (Lipinski definition) is 1. The van der Waals surface area contributed by atoms with Crippen LogP contribution in [0.5, 0.6) is 0 Å². The SMILES string of the molecule is O=C(NCCCc1nc2ccccc2n1Cc1ccc2ccccc2c1)c1ccncc1. The highest BCUT2D eigenvalue weighted by Crippen LogP contribution is 2.21. The Bertz CT molecular complexity index is 1370. The van der Waals surface area contributed by atoms with Crippen molar-refractivity contribution in [2.75, 3.05) is 6.54 Å². The Morgan fingerprint density at radius 3 is 2.53 bits per heavy atom. The lowest BCUT2D eigenvalue weighted by molar-refractivity contribution is 0.0953. The first-order valence-electron chi connectivity index (χ1n) is 10.9.